The Morgan fingerprint density at radius 3 is 2.42 bits per heavy atom. The van der Waals surface area contributed by atoms with Crippen LogP contribution in [0.5, 0.6) is 0 Å². The number of carbonyl (C=O) groups excluding carboxylic acids is 1. The molecule has 0 radical (unpaired) electrons. The molecule has 4 heteroatoms. The van der Waals surface area contributed by atoms with Gasteiger partial charge in [0.15, 0.2) is 0 Å². The summed E-state index contributed by atoms with van der Waals surface area (Å²) < 4.78 is 1.07. The second-order valence-corrected chi connectivity index (χ2v) is 6.13. The van der Waals surface area contributed by atoms with E-state index in [4.69, 9.17) is 4.84 Å². The summed E-state index contributed by atoms with van der Waals surface area (Å²) in [6, 6.07) is 24.6. The summed E-state index contributed by atoms with van der Waals surface area (Å²) in [5.74, 6) is -0.434. The highest BCUT2D eigenvalue weighted by Crippen LogP contribution is 2.19. The lowest BCUT2D eigenvalue weighted by Gasteiger charge is -2.10. The topological polar surface area (TPSA) is 48.3 Å². The van der Waals surface area contributed by atoms with Crippen molar-refractivity contribution in [2.75, 3.05) is 0 Å². The Hall–Kier alpha value is -3.40. The molecular weight excluding hydrogens is 326 g/mol. The molecule has 4 aromatic rings. The minimum atomic E-state index is -0.434. The Balaban J connectivity index is 1.55. The molecule has 0 N–H and O–H groups in total. The van der Waals surface area contributed by atoms with Crippen molar-refractivity contribution in [3.8, 4) is 0 Å². The first-order valence-corrected chi connectivity index (χ1v) is 8.51. The third-order valence-corrected chi connectivity index (χ3v) is 4.43. The molecule has 1 aromatic heterocycles. The van der Waals surface area contributed by atoms with E-state index in [-0.39, 0.29) is 12.0 Å². The number of nitrogens with zero attached hydrogens (tertiary/aromatic N) is 1. The number of pyridine rings is 1. The fraction of sp³-hybridized carbons (Fsp3) is 0.0909. The Kier molecular flexibility index (Phi) is 4.23. The van der Waals surface area contributed by atoms with Crippen LogP contribution in [0.15, 0.2) is 83.7 Å². The average molecular weight is 343 g/mol. The maximum absolute atomic E-state index is 12.3. The Morgan fingerprint density at radius 2 is 1.54 bits per heavy atom. The van der Waals surface area contributed by atoms with E-state index in [1.165, 1.54) is 6.07 Å². The van der Waals surface area contributed by atoms with Gasteiger partial charge >= 0.3 is 5.97 Å². The molecule has 0 atom stereocenters. The molecule has 0 saturated heterocycles. The predicted octanol–water partition coefficient (Wildman–Crippen LogP) is 3.74. The van der Waals surface area contributed by atoms with Gasteiger partial charge in [-0.2, -0.15) is 0 Å². The van der Waals surface area contributed by atoms with Gasteiger partial charge in [-0.15, -0.1) is 4.73 Å². The van der Waals surface area contributed by atoms with E-state index in [9.17, 15) is 9.59 Å². The van der Waals surface area contributed by atoms with Crippen molar-refractivity contribution in [2.45, 2.75) is 12.8 Å². The van der Waals surface area contributed by atoms with Gasteiger partial charge in [0.2, 0.25) is 0 Å². The van der Waals surface area contributed by atoms with Crippen LogP contribution in [0.25, 0.3) is 21.7 Å². The number of carbonyl (C=O) groups is 1. The van der Waals surface area contributed by atoms with Crippen LogP contribution in [0, 0.1) is 0 Å². The zero-order chi connectivity index (χ0) is 17.9. The third kappa shape index (κ3) is 3.09. The van der Waals surface area contributed by atoms with Crippen LogP contribution in [0.3, 0.4) is 0 Å². The smallest absolute Gasteiger partial charge is 0.333 e. The molecule has 0 aliphatic carbocycles. The number of para-hydroxylation sites is 1. The van der Waals surface area contributed by atoms with Crippen molar-refractivity contribution >= 4 is 27.6 Å². The number of aryl methyl sites for hydroxylation is 1. The van der Waals surface area contributed by atoms with E-state index >= 15 is 0 Å². The zero-order valence-electron chi connectivity index (χ0n) is 14.1. The Bertz CT molecular complexity index is 1160. The molecule has 0 saturated carbocycles. The van der Waals surface area contributed by atoms with E-state index in [1.54, 1.807) is 12.1 Å². The number of aromatic nitrogens is 1. The van der Waals surface area contributed by atoms with Crippen LogP contribution in [0.2, 0.25) is 0 Å². The highest BCUT2D eigenvalue weighted by atomic mass is 16.7. The molecule has 3 aromatic carbocycles. The van der Waals surface area contributed by atoms with E-state index in [2.05, 4.69) is 0 Å². The molecule has 0 aliphatic rings. The molecular formula is C22H17NO3. The zero-order valence-corrected chi connectivity index (χ0v) is 14.1. The third-order valence-electron chi connectivity index (χ3n) is 4.43. The monoisotopic (exact) mass is 343 g/mol. The van der Waals surface area contributed by atoms with Gasteiger partial charge in [-0.05, 0) is 34.9 Å². The van der Waals surface area contributed by atoms with Crippen LogP contribution in [0.1, 0.15) is 12.0 Å². The van der Waals surface area contributed by atoms with E-state index < -0.39 is 5.97 Å². The van der Waals surface area contributed by atoms with Gasteiger partial charge in [-0.25, -0.2) is 4.79 Å². The Morgan fingerprint density at radius 1 is 0.808 bits per heavy atom. The van der Waals surface area contributed by atoms with Crippen LogP contribution < -0.4 is 10.4 Å². The highest BCUT2D eigenvalue weighted by Gasteiger charge is 2.11. The largest absolute Gasteiger partial charge is 0.333 e. The second-order valence-electron chi connectivity index (χ2n) is 6.13. The molecule has 1 heterocycles. The van der Waals surface area contributed by atoms with Gasteiger partial charge < -0.3 is 4.84 Å². The van der Waals surface area contributed by atoms with Crippen molar-refractivity contribution in [3.05, 3.63) is 94.8 Å². The average Bonchev–Trinajstić information content (AvgIpc) is 2.68. The summed E-state index contributed by atoms with van der Waals surface area (Å²) in [6.07, 6.45) is 0.753. The van der Waals surface area contributed by atoms with Gasteiger partial charge in [-0.3, -0.25) is 4.79 Å². The van der Waals surface area contributed by atoms with Crippen molar-refractivity contribution in [3.63, 3.8) is 0 Å². The summed E-state index contributed by atoms with van der Waals surface area (Å²) in [4.78, 5) is 29.8. The SMILES string of the molecule is O=C(CCc1cccc2ccccc12)On1c(=O)ccc2ccccc21. The van der Waals surface area contributed by atoms with Crippen LogP contribution in [0.4, 0.5) is 0 Å². The van der Waals surface area contributed by atoms with Gasteiger partial charge in [0, 0.05) is 11.5 Å². The second kappa shape index (κ2) is 6.84. The maximum atomic E-state index is 12.3. The molecule has 0 spiro atoms. The molecule has 0 amide bonds. The van der Waals surface area contributed by atoms with Crippen molar-refractivity contribution < 1.29 is 9.63 Å². The summed E-state index contributed by atoms with van der Waals surface area (Å²) >= 11 is 0. The minimum absolute atomic E-state index is 0.198. The normalized spacial score (nSPS) is 10.9. The van der Waals surface area contributed by atoms with Crippen molar-refractivity contribution in [2.24, 2.45) is 0 Å². The lowest BCUT2D eigenvalue weighted by molar-refractivity contribution is -0.144. The number of benzene rings is 3. The lowest BCUT2D eigenvalue weighted by atomic mass is 10.0. The first-order valence-electron chi connectivity index (χ1n) is 8.51. The lowest BCUT2D eigenvalue weighted by Crippen LogP contribution is -2.30. The maximum Gasteiger partial charge on any atom is 0.333 e. The van der Waals surface area contributed by atoms with E-state index in [0.29, 0.717) is 11.9 Å². The fourth-order valence-corrected chi connectivity index (χ4v) is 3.15. The summed E-state index contributed by atoms with van der Waals surface area (Å²) in [5, 5.41) is 3.11. The summed E-state index contributed by atoms with van der Waals surface area (Å²) in [7, 11) is 0. The van der Waals surface area contributed by atoms with Gasteiger partial charge in [-0.1, -0.05) is 60.7 Å². The van der Waals surface area contributed by atoms with Crippen LogP contribution >= 0.6 is 0 Å². The Labute approximate surface area is 150 Å². The molecule has 0 unspecified atom stereocenters. The van der Waals surface area contributed by atoms with E-state index in [1.807, 2.05) is 60.7 Å². The van der Waals surface area contributed by atoms with Crippen LogP contribution in [-0.4, -0.2) is 10.7 Å². The molecule has 128 valence electrons. The van der Waals surface area contributed by atoms with Crippen molar-refractivity contribution in [1.29, 1.82) is 0 Å². The standard InChI is InChI=1S/C22H17NO3/c24-21-14-12-18-7-2-4-11-20(18)23(21)26-22(25)15-13-17-9-5-8-16-6-1-3-10-19(16)17/h1-12,14H,13,15H2. The number of hydrogen-bond donors (Lipinski definition) is 0. The molecule has 0 fully saturated rings. The first kappa shape index (κ1) is 16.1. The van der Waals surface area contributed by atoms with Crippen LogP contribution in [-0.2, 0) is 11.2 Å². The van der Waals surface area contributed by atoms with Crippen molar-refractivity contribution in [1.82, 2.24) is 4.73 Å². The minimum Gasteiger partial charge on any atom is -0.333 e. The highest BCUT2D eigenvalue weighted by molar-refractivity contribution is 5.86. The molecule has 4 rings (SSSR count). The first-order chi connectivity index (χ1) is 12.7. The summed E-state index contributed by atoms with van der Waals surface area (Å²) in [5.41, 5.74) is 1.31. The fourth-order valence-electron chi connectivity index (χ4n) is 3.15. The predicted molar refractivity (Wildman–Crippen MR) is 102 cm³/mol. The van der Waals surface area contributed by atoms with E-state index in [0.717, 1.165) is 26.5 Å². The molecule has 26 heavy (non-hydrogen) atoms. The number of hydrogen-bond acceptors (Lipinski definition) is 3. The number of fused-ring (bicyclic) bond motifs is 2. The molecule has 0 bridgehead atoms. The quantitative estimate of drug-likeness (QED) is 0.567. The van der Waals surface area contributed by atoms with Gasteiger partial charge in [0.25, 0.3) is 5.56 Å². The summed E-state index contributed by atoms with van der Waals surface area (Å²) in [6.45, 7) is 0. The molecule has 0 aliphatic heterocycles. The number of rotatable bonds is 4. The molecule has 4 nitrogen and oxygen atoms in total. The van der Waals surface area contributed by atoms with Gasteiger partial charge in [0.05, 0.1) is 11.9 Å². The van der Waals surface area contributed by atoms with Gasteiger partial charge in [0.1, 0.15) is 0 Å².